The summed E-state index contributed by atoms with van der Waals surface area (Å²) in [6, 6.07) is 11.9. The van der Waals surface area contributed by atoms with E-state index in [4.69, 9.17) is 0 Å². The van der Waals surface area contributed by atoms with Gasteiger partial charge in [0.1, 0.15) is 0 Å². The van der Waals surface area contributed by atoms with Crippen LogP contribution in [0.15, 0.2) is 66.4 Å². The molecule has 0 amide bonds. The topological polar surface area (TPSA) is 92.4 Å². The first-order chi connectivity index (χ1) is 14.8. The third kappa shape index (κ3) is 3.60. The van der Waals surface area contributed by atoms with Crippen molar-refractivity contribution in [3.8, 4) is 0 Å². The van der Waals surface area contributed by atoms with Gasteiger partial charge in [-0.25, -0.2) is 4.79 Å². The summed E-state index contributed by atoms with van der Waals surface area (Å²) >= 11 is 0. The van der Waals surface area contributed by atoms with Crippen LogP contribution in [0.2, 0.25) is 0 Å². The monoisotopic (exact) mass is 452 g/mol. The second-order valence-corrected chi connectivity index (χ2v) is 8.18. The van der Waals surface area contributed by atoms with Crippen LogP contribution in [0.3, 0.4) is 0 Å². The highest BCUT2D eigenvalue weighted by molar-refractivity contribution is 5.96. The molecule has 1 aliphatic rings. The first kappa shape index (κ1) is 23.3. The van der Waals surface area contributed by atoms with E-state index >= 15 is 0 Å². The number of aromatic nitrogens is 2. The number of rotatable bonds is 5. The number of hydrogen-bond donors (Lipinski definition) is 2. The maximum absolute atomic E-state index is 12.3. The summed E-state index contributed by atoms with van der Waals surface area (Å²) < 4.78 is 2.11. The Labute approximate surface area is 192 Å². The number of halogens is 1. The molecule has 166 valence electrons. The third-order valence-corrected chi connectivity index (χ3v) is 6.37. The Morgan fingerprint density at radius 3 is 2.44 bits per heavy atom. The van der Waals surface area contributed by atoms with Crippen molar-refractivity contribution in [2.75, 3.05) is 0 Å². The van der Waals surface area contributed by atoms with Gasteiger partial charge in [-0.15, -0.1) is 12.4 Å². The number of pyridine rings is 1. The highest BCUT2D eigenvalue weighted by Crippen LogP contribution is 2.47. The number of aryl methyl sites for hydroxylation is 1. The van der Waals surface area contributed by atoms with Crippen LogP contribution in [0.25, 0.3) is 10.9 Å². The maximum atomic E-state index is 12.3. The van der Waals surface area contributed by atoms with Gasteiger partial charge in [0.15, 0.2) is 0 Å². The van der Waals surface area contributed by atoms with Crippen molar-refractivity contribution in [2.24, 2.45) is 5.41 Å². The number of allylic oxidation sites excluding steroid dienone is 2. The lowest BCUT2D eigenvalue weighted by molar-refractivity contribution is -0.146. The third-order valence-electron chi connectivity index (χ3n) is 6.37. The molecule has 1 aliphatic carbocycles. The van der Waals surface area contributed by atoms with Crippen LogP contribution in [-0.2, 0) is 16.1 Å². The SMILES string of the molecule is Cc1c(C)n(Cc2ccccc2)c2c(C3C(C(=O)O)=CC=CC3(C)C(=O)O)nccc12.Cl. The summed E-state index contributed by atoms with van der Waals surface area (Å²) in [5.41, 5.74) is 3.03. The lowest BCUT2D eigenvalue weighted by atomic mass is 9.68. The molecular formula is C25H25ClN2O4. The quantitative estimate of drug-likeness (QED) is 0.575. The average Bonchev–Trinajstić information content (AvgIpc) is 2.99. The number of carboxylic acid groups (broad SMARTS) is 2. The zero-order valence-electron chi connectivity index (χ0n) is 18.1. The number of nitrogens with zero attached hydrogens (tertiary/aromatic N) is 2. The van der Waals surface area contributed by atoms with E-state index < -0.39 is 23.3 Å². The largest absolute Gasteiger partial charge is 0.481 e. The molecule has 0 radical (unpaired) electrons. The van der Waals surface area contributed by atoms with Crippen molar-refractivity contribution < 1.29 is 19.8 Å². The summed E-state index contributed by atoms with van der Waals surface area (Å²) in [7, 11) is 0. The Hall–Kier alpha value is -3.38. The molecule has 2 aromatic heterocycles. The summed E-state index contributed by atoms with van der Waals surface area (Å²) in [6.07, 6.45) is 6.17. The number of fused-ring (bicyclic) bond motifs is 1. The Kier molecular flexibility index (Phi) is 6.28. The minimum atomic E-state index is -1.44. The van der Waals surface area contributed by atoms with Crippen molar-refractivity contribution in [1.29, 1.82) is 0 Å². The normalized spacial score (nSPS) is 20.0. The molecule has 0 bridgehead atoms. The Balaban J connectivity index is 0.00000289. The molecule has 2 unspecified atom stereocenters. The summed E-state index contributed by atoms with van der Waals surface area (Å²) in [4.78, 5) is 29.0. The summed E-state index contributed by atoms with van der Waals surface area (Å²) in [5, 5.41) is 20.9. The molecule has 7 heteroatoms. The van der Waals surface area contributed by atoms with Gasteiger partial charge in [-0.05, 0) is 38.0 Å². The average molecular weight is 453 g/mol. The van der Waals surface area contributed by atoms with Gasteiger partial charge in [0.05, 0.1) is 22.5 Å². The molecule has 6 nitrogen and oxygen atoms in total. The molecule has 0 saturated carbocycles. The van der Waals surface area contributed by atoms with Gasteiger partial charge in [0.2, 0.25) is 0 Å². The molecule has 3 aromatic rings. The molecule has 0 saturated heterocycles. The number of aliphatic carboxylic acids is 2. The predicted octanol–water partition coefficient (Wildman–Crippen LogP) is 4.88. The minimum absolute atomic E-state index is 0. The van der Waals surface area contributed by atoms with Gasteiger partial charge >= 0.3 is 11.9 Å². The van der Waals surface area contributed by atoms with E-state index in [0.717, 1.165) is 27.7 Å². The number of benzene rings is 1. The molecule has 2 heterocycles. The lowest BCUT2D eigenvalue weighted by Gasteiger charge is -2.34. The molecule has 0 spiro atoms. The van der Waals surface area contributed by atoms with Crippen molar-refractivity contribution >= 4 is 35.2 Å². The van der Waals surface area contributed by atoms with Crippen LogP contribution in [0.5, 0.6) is 0 Å². The van der Waals surface area contributed by atoms with E-state index in [1.165, 1.54) is 12.2 Å². The van der Waals surface area contributed by atoms with E-state index in [0.29, 0.717) is 12.2 Å². The fraction of sp³-hybridized carbons (Fsp3) is 0.240. The maximum Gasteiger partial charge on any atom is 0.332 e. The summed E-state index contributed by atoms with van der Waals surface area (Å²) in [6.45, 7) is 6.17. The standard InChI is InChI=1S/C25H24N2O4.ClH/c1-15-16(2)27(14-17-8-5-4-6-9-17)22-18(15)11-13-26-21(22)20-19(23(28)29)10-7-12-25(20,3)24(30)31;/h4-13,20H,14H2,1-3H3,(H,28,29)(H,30,31);1H. The second kappa shape index (κ2) is 8.63. The molecule has 2 atom stereocenters. The summed E-state index contributed by atoms with van der Waals surface area (Å²) in [5.74, 6) is -3.16. The lowest BCUT2D eigenvalue weighted by Crippen LogP contribution is -2.37. The molecule has 4 rings (SSSR count). The zero-order chi connectivity index (χ0) is 22.3. The molecule has 32 heavy (non-hydrogen) atoms. The Bertz CT molecular complexity index is 1260. The van der Waals surface area contributed by atoms with Gasteiger partial charge in [-0.3, -0.25) is 9.78 Å². The van der Waals surface area contributed by atoms with Crippen molar-refractivity contribution in [3.63, 3.8) is 0 Å². The van der Waals surface area contributed by atoms with Crippen LogP contribution < -0.4 is 0 Å². The first-order valence-corrected chi connectivity index (χ1v) is 10.1. The van der Waals surface area contributed by atoms with Gasteiger partial charge in [-0.1, -0.05) is 48.6 Å². The van der Waals surface area contributed by atoms with Gasteiger partial charge in [-0.2, -0.15) is 0 Å². The smallest absolute Gasteiger partial charge is 0.332 e. The number of carbonyl (C=O) groups is 2. The van der Waals surface area contributed by atoms with Gasteiger partial charge < -0.3 is 14.8 Å². The van der Waals surface area contributed by atoms with E-state index in [1.54, 1.807) is 19.2 Å². The highest BCUT2D eigenvalue weighted by atomic mass is 35.5. The number of carboxylic acids is 2. The van der Waals surface area contributed by atoms with Crippen molar-refractivity contribution in [3.05, 3.63) is 88.9 Å². The Morgan fingerprint density at radius 1 is 1.12 bits per heavy atom. The molecule has 1 aromatic carbocycles. The molecule has 2 N–H and O–H groups in total. The van der Waals surface area contributed by atoms with Crippen LogP contribution in [-0.4, -0.2) is 31.7 Å². The predicted molar refractivity (Wildman–Crippen MR) is 125 cm³/mol. The molecular weight excluding hydrogens is 428 g/mol. The van der Waals surface area contributed by atoms with E-state index in [2.05, 4.69) is 9.55 Å². The minimum Gasteiger partial charge on any atom is -0.481 e. The second-order valence-electron chi connectivity index (χ2n) is 8.18. The zero-order valence-corrected chi connectivity index (χ0v) is 18.9. The first-order valence-electron chi connectivity index (χ1n) is 10.1. The Morgan fingerprint density at radius 2 is 1.81 bits per heavy atom. The van der Waals surface area contributed by atoms with Crippen LogP contribution in [0, 0.1) is 19.3 Å². The molecule has 0 aliphatic heterocycles. The fourth-order valence-electron chi connectivity index (χ4n) is 4.48. The van der Waals surface area contributed by atoms with Crippen molar-refractivity contribution in [1.82, 2.24) is 9.55 Å². The van der Waals surface area contributed by atoms with Crippen LogP contribution in [0.4, 0.5) is 0 Å². The number of hydrogen-bond acceptors (Lipinski definition) is 3. The highest BCUT2D eigenvalue weighted by Gasteiger charge is 2.47. The van der Waals surface area contributed by atoms with Gasteiger partial charge in [0, 0.05) is 29.4 Å². The van der Waals surface area contributed by atoms with E-state index in [9.17, 15) is 19.8 Å². The van der Waals surface area contributed by atoms with Gasteiger partial charge in [0.25, 0.3) is 0 Å². The van der Waals surface area contributed by atoms with E-state index in [-0.39, 0.29) is 18.0 Å². The van der Waals surface area contributed by atoms with Crippen LogP contribution in [0.1, 0.15) is 35.4 Å². The van der Waals surface area contributed by atoms with Crippen molar-refractivity contribution in [2.45, 2.75) is 33.2 Å². The molecule has 0 fully saturated rings. The van der Waals surface area contributed by atoms with Crippen LogP contribution >= 0.6 is 12.4 Å². The fourth-order valence-corrected chi connectivity index (χ4v) is 4.48. The van der Waals surface area contributed by atoms with E-state index in [1.807, 2.05) is 50.2 Å².